The largest absolute Gasteiger partial charge is 0.396 e. The summed E-state index contributed by atoms with van der Waals surface area (Å²) < 4.78 is 18.9. The summed E-state index contributed by atoms with van der Waals surface area (Å²) in [5, 5.41) is 11.5. The molecule has 0 saturated heterocycles. The number of rotatable bonds is 6. The van der Waals surface area contributed by atoms with Gasteiger partial charge in [-0.25, -0.2) is 4.39 Å². The van der Waals surface area contributed by atoms with Gasteiger partial charge in [0.2, 0.25) is 0 Å². The number of benzene rings is 1. The molecule has 1 atom stereocenters. The molecule has 0 aliphatic rings. The molecule has 0 aliphatic carbocycles. The number of aliphatic hydroxyl groups is 1. The number of ether oxygens (including phenoxy) is 1. The summed E-state index contributed by atoms with van der Waals surface area (Å²) in [4.78, 5) is 11.9. The van der Waals surface area contributed by atoms with Crippen LogP contribution < -0.4 is 5.32 Å². The molecule has 0 aromatic heterocycles. The second-order valence-corrected chi connectivity index (χ2v) is 4.59. The van der Waals surface area contributed by atoms with Crippen molar-refractivity contribution in [2.75, 3.05) is 20.3 Å². The van der Waals surface area contributed by atoms with Crippen molar-refractivity contribution in [3.05, 3.63) is 34.1 Å². The summed E-state index contributed by atoms with van der Waals surface area (Å²) in [5.74, 6) is -1.13. The average Bonchev–Trinajstić information content (AvgIpc) is 2.29. The molecule has 6 heteroatoms. The first-order valence-corrected chi connectivity index (χ1v) is 6.24. The lowest BCUT2D eigenvalue weighted by atomic mass is 10.1. The van der Waals surface area contributed by atoms with E-state index in [1.165, 1.54) is 19.2 Å². The minimum atomic E-state index is -0.595. The number of hydrogen-bond donors (Lipinski definition) is 2. The van der Waals surface area contributed by atoms with Gasteiger partial charge in [0, 0.05) is 18.2 Å². The second-order valence-electron chi connectivity index (χ2n) is 3.73. The Morgan fingerprint density at radius 3 is 2.89 bits per heavy atom. The molecular weight excluding hydrogens is 305 g/mol. The maximum atomic E-state index is 13.6. The molecule has 1 aromatic rings. The highest BCUT2D eigenvalue weighted by molar-refractivity contribution is 9.10. The molecule has 0 fully saturated rings. The summed E-state index contributed by atoms with van der Waals surface area (Å²) in [5.41, 5.74) is -0.0449. The van der Waals surface area contributed by atoms with Gasteiger partial charge in [-0.1, -0.05) is 6.07 Å². The van der Waals surface area contributed by atoms with E-state index in [4.69, 9.17) is 9.84 Å². The maximum absolute atomic E-state index is 13.6. The third-order valence-corrected chi connectivity index (χ3v) is 3.03. The van der Waals surface area contributed by atoms with Gasteiger partial charge in [0.1, 0.15) is 5.82 Å². The van der Waals surface area contributed by atoms with E-state index in [0.29, 0.717) is 10.9 Å². The predicted molar refractivity (Wildman–Crippen MR) is 68.9 cm³/mol. The fourth-order valence-electron chi connectivity index (χ4n) is 1.53. The molecule has 0 spiro atoms. The summed E-state index contributed by atoms with van der Waals surface area (Å²) in [6.45, 7) is 0.186. The van der Waals surface area contributed by atoms with Crippen LogP contribution in [0.5, 0.6) is 0 Å². The SMILES string of the molecule is COCC(CCO)NC(=O)c1c(F)cccc1Br. The van der Waals surface area contributed by atoms with Crippen LogP contribution >= 0.6 is 15.9 Å². The lowest BCUT2D eigenvalue weighted by Gasteiger charge is -2.17. The normalized spacial score (nSPS) is 12.2. The zero-order valence-corrected chi connectivity index (χ0v) is 11.5. The zero-order valence-electron chi connectivity index (χ0n) is 9.95. The number of halogens is 2. The number of aliphatic hydroxyl groups excluding tert-OH is 1. The Balaban J connectivity index is 2.80. The maximum Gasteiger partial charge on any atom is 0.255 e. The quantitative estimate of drug-likeness (QED) is 0.839. The van der Waals surface area contributed by atoms with Crippen LogP contribution in [0, 0.1) is 5.82 Å². The van der Waals surface area contributed by atoms with Gasteiger partial charge < -0.3 is 15.2 Å². The predicted octanol–water partition coefficient (Wildman–Crippen LogP) is 1.72. The minimum Gasteiger partial charge on any atom is -0.396 e. The molecule has 1 aromatic carbocycles. The number of hydrogen-bond acceptors (Lipinski definition) is 3. The first-order chi connectivity index (χ1) is 8.60. The Labute approximate surface area is 113 Å². The van der Waals surface area contributed by atoms with Crippen molar-refractivity contribution in [3.8, 4) is 0 Å². The van der Waals surface area contributed by atoms with Gasteiger partial charge in [-0.3, -0.25) is 4.79 Å². The van der Waals surface area contributed by atoms with Crippen LogP contribution in [-0.4, -0.2) is 37.4 Å². The van der Waals surface area contributed by atoms with Crippen LogP contribution in [0.15, 0.2) is 22.7 Å². The van der Waals surface area contributed by atoms with Gasteiger partial charge in [-0.15, -0.1) is 0 Å². The fraction of sp³-hybridized carbons (Fsp3) is 0.417. The molecule has 0 bridgehead atoms. The van der Waals surface area contributed by atoms with Crippen molar-refractivity contribution in [1.29, 1.82) is 0 Å². The number of amides is 1. The van der Waals surface area contributed by atoms with Crippen LogP contribution in [-0.2, 0) is 4.74 Å². The van der Waals surface area contributed by atoms with Crippen molar-refractivity contribution in [2.24, 2.45) is 0 Å². The summed E-state index contributed by atoms with van der Waals surface area (Å²) in [7, 11) is 1.50. The molecule has 2 N–H and O–H groups in total. The minimum absolute atomic E-state index is 0.0449. The van der Waals surface area contributed by atoms with Crippen LogP contribution in [0.3, 0.4) is 0 Å². The molecule has 1 unspecified atom stereocenters. The highest BCUT2D eigenvalue weighted by atomic mass is 79.9. The van der Waals surface area contributed by atoms with Gasteiger partial charge in [0.15, 0.2) is 0 Å². The van der Waals surface area contributed by atoms with Crippen LogP contribution in [0.25, 0.3) is 0 Å². The number of methoxy groups -OCH3 is 1. The van der Waals surface area contributed by atoms with Gasteiger partial charge >= 0.3 is 0 Å². The van der Waals surface area contributed by atoms with Crippen molar-refractivity contribution in [2.45, 2.75) is 12.5 Å². The van der Waals surface area contributed by atoms with Crippen molar-refractivity contribution < 1.29 is 19.0 Å². The molecule has 0 radical (unpaired) electrons. The highest BCUT2D eigenvalue weighted by Crippen LogP contribution is 2.19. The first kappa shape index (κ1) is 15.1. The highest BCUT2D eigenvalue weighted by Gasteiger charge is 2.18. The molecule has 0 heterocycles. The van der Waals surface area contributed by atoms with E-state index in [1.807, 2.05) is 0 Å². The smallest absolute Gasteiger partial charge is 0.255 e. The van der Waals surface area contributed by atoms with E-state index in [0.717, 1.165) is 0 Å². The summed E-state index contributed by atoms with van der Waals surface area (Å²) >= 11 is 3.13. The Morgan fingerprint density at radius 1 is 1.61 bits per heavy atom. The van der Waals surface area contributed by atoms with Gasteiger partial charge in [0.05, 0.1) is 18.2 Å². The Hall–Kier alpha value is -0.980. The summed E-state index contributed by atoms with van der Waals surface area (Å²) in [6, 6.07) is 3.97. The molecule has 1 amide bonds. The fourth-order valence-corrected chi connectivity index (χ4v) is 2.05. The summed E-state index contributed by atoms with van der Waals surface area (Å²) in [6.07, 6.45) is 0.353. The molecule has 4 nitrogen and oxygen atoms in total. The Morgan fingerprint density at radius 2 is 2.33 bits per heavy atom. The van der Waals surface area contributed by atoms with E-state index in [-0.39, 0.29) is 24.8 Å². The Kier molecular flexibility index (Phi) is 6.24. The third kappa shape index (κ3) is 4.04. The molecule has 1 rings (SSSR count). The van der Waals surface area contributed by atoms with E-state index < -0.39 is 11.7 Å². The van der Waals surface area contributed by atoms with Gasteiger partial charge in [-0.05, 0) is 34.5 Å². The number of nitrogens with one attached hydrogen (secondary N) is 1. The lowest BCUT2D eigenvalue weighted by molar-refractivity contribution is 0.0874. The van der Waals surface area contributed by atoms with E-state index in [1.54, 1.807) is 6.07 Å². The number of carbonyl (C=O) groups excluding carboxylic acids is 1. The van der Waals surface area contributed by atoms with Crippen molar-refractivity contribution in [1.82, 2.24) is 5.32 Å². The monoisotopic (exact) mass is 319 g/mol. The number of carbonyl (C=O) groups is 1. The first-order valence-electron chi connectivity index (χ1n) is 5.44. The topological polar surface area (TPSA) is 58.6 Å². The molecule has 0 saturated carbocycles. The second kappa shape index (κ2) is 7.45. The lowest BCUT2D eigenvalue weighted by Crippen LogP contribution is -2.39. The molecular formula is C12H15BrFNO3. The molecule has 100 valence electrons. The van der Waals surface area contributed by atoms with E-state index in [2.05, 4.69) is 21.2 Å². The zero-order chi connectivity index (χ0) is 13.5. The standard InChI is InChI=1S/C12H15BrFNO3/c1-18-7-8(5-6-16)15-12(17)11-9(13)3-2-4-10(11)14/h2-4,8,16H,5-7H2,1H3,(H,15,17). The van der Waals surface area contributed by atoms with Crippen LogP contribution in [0.2, 0.25) is 0 Å². The van der Waals surface area contributed by atoms with Gasteiger partial charge in [0.25, 0.3) is 5.91 Å². The average molecular weight is 320 g/mol. The van der Waals surface area contributed by atoms with Crippen molar-refractivity contribution in [3.63, 3.8) is 0 Å². The third-order valence-electron chi connectivity index (χ3n) is 2.37. The van der Waals surface area contributed by atoms with Crippen LogP contribution in [0.4, 0.5) is 4.39 Å². The van der Waals surface area contributed by atoms with E-state index in [9.17, 15) is 9.18 Å². The molecule has 18 heavy (non-hydrogen) atoms. The van der Waals surface area contributed by atoms with Crippen molar-refractivity contribution >= 4 is 21.8 Å². The van der Waals surface area contributed by atoms with Crippen LogP contribution in [0.1, 0.15) is 16.8 Å². The van der Waals surface area contributed by atoms with Gasteiger partial charge in [-0.2, -0.15) is 0 Å². The molecule has 0 aliphatic heterocycles. The van der Waals surface area contributed by atoms with E-state index >= 15 is 0 Å². The Bertz CT molecular complexity index is 388.